The fraction of sp³-hybridized carbons (Fsp3) is 0.500. The number of likely N-dealkylation sites (tertiary alicyclic amines) is 1. The Kier molecular flexibility index (Phi) is 5.51. The first-order valence-electron chi connectivity index (χ1n) is 7.22. The van der Waals surface area contributed by atoms with Gasteiger partial charge in [-0.05, 0) is 28.4 Å². The number of hydrogen-bond acceptors (Lipinski definition) is 5. The molecule has 2 rings (SSSR count). The van der Waals surface area contributed by atoms with E-state index in [1.807, 2.05) is 0 Å². The second-order valence-electron chi connectivity index (χ2n) is 5.56. The third-order valence-electron chi connectivity index (χ3n) is 3.99. The third-order valence-corrected chi connectivity index (χ3v) is 5.12. The number of carbonyl (C=O) groups excluding carboxylic acids is 2. The van der Waals surface area contributed by atoms with Crippen LogP contribution in [-0.4, -0.2) is 70.1 Å². The number of rotatable bonds is 6. The monoisotopic (exact) mass is 412 g/mol. The van der Waals surface area contributed by atoms with Gasteiger partial charge in [-0.1, -0.05) is 6.58 Å². The number of amides is 2. The van der Waals surface area contributed by atoms with E-state index in [9.17, 15) is 9.59 Å². The molecule has 24 heavy (non-hydrogen) atoms. The normalized spacial score (nSPS) is 23.3. The Bertz CT molecular complexity index is 680. The van der Waals surface area contributed by atoms with E-state index in [2.05, 4.69) is 43.2 Å². The van der Waals surface area contributed by atoms with Gasteiger partial charge in [0.15, 0.2) is 0 Å². The fourth-order valence-corrected chi connectivity index (χ4v) is 4.11. The highest BCUT2D eigenvalue weighted by atomic mass is 79.9. The zero-order valence-corrected chi connectivity index (χ0v) is 16.1. The molecule has 2 radical (unpaired) electrons. The molecule has 0 saturated carbocycles. The van der Waals surface area contributed by atoms with Gasteiger partial charge >= 0.3 is 0 Å². The van der Waals surface area contributed by atoms with Crippen LogP contribution in [0.1, 0.15) is 16.8 Å². The maximum absolute atomic E-state index is 12.2. The summed E-state index contributed by atoms with van der Waals surface area (Å²) in [7, 11) is 7.02. The fourth-order valence-electron chi connectivity index (χ4n) is 3.00. The van der Waals surface area contributed by atoms with Gasteiger partial charge in [0.1, 0.15) is 16.0 Å². The predicted molar refractivity (Wildman–Crippen MR) is 93.9 cm³/mol. The average Bonchev–Trinajstić information content (AvgIpc) is 3.05. The molecule has 0 aliphatic carbocycles. The summed E-state index contributed by atoms with van der Waals surface area (Å²) in [6, 6.07) is -0.150. The molecule has 2 amide bonds. The van der Waals surface area contributed by atoms with Crippen LogP contribution in [0.3, 0.4) is 0 Å². The molecule has 0 bridgehead atoms. The van der Waals surface area contributed by atoms with Crippen LogP contribution in [0, 0.1) is 0 Å². The van der Waals surface area contributed by atoms with Crippen molar-refractivity contribution in [2.75, 3.05) is 32.6 Å². The lowest BCUT2D eigenvalue weighted by Gasteiger charge is -2.39. The number of methoxy groups -OCH3 is 1. The first-order chi connectivity index (χ1) is 11.3. The van der Waals surface area contributed by atoms with Crippen LogP contribution in [-0.2, 0) is 14.7 Å². The Labute approximate surface area is 151 Å². The Balaban J connectivity index is 2.48. The van der Waals surface area contributed by atoms with Crippen LogP contribution in [0.15, 0.2) is 17.3 Å². The van der Waals surface area contributed by atoms with Crippen molar-refractivity contribution in [3.05, 3.63) is 22.8 Å². The van der Waals surface area contributed by atoms with Gasteiger partial charge in [-0.2, -0.15) is 5.10 Å². The van der Waals surface area contributed by atoms with Crippen molar-refractivity contribution in [1.82, 2.24) is 14.7 Å². The van der Waals surface area contributed by atoms with E-state index >= 15 is 0 Å². The lowest BCUT2D eigenvalue weighted by Crippen LogP contribution is -2.41. The van der Waals surface area contributed by atoms with Crippen LogP contribution < -0.4 is 11.1 Å². The van der Waals surface area contributed by atoms with Crippen molar-refractivity contribution in [2.45, 2.75) is 17.6 Å². The van der Waals surface area contributed by atoms with Crippen molar-refractivity contribution in [3.63, 3.8) is 0 Å². The lowest BCUT2D eigenvalue weighted by molar-refractivity contribution is -0.127. The van der Waals surface area contributed by atoms with Crippen LogP contribution in [0.4, 0.5) is 5.82 Å². The molecule has 3 N–H and O–H groups in total. The molecular weight excluding hydrogens is 394 g/mol. The minimum Gasteiger partial charge on any atom is -0.630 e. The molecule has 1 aromatic heterocycles. The van der Waals surface area contributed by atoms with E-state index < -0.39 is 11.1 Å². The maximum atomic E-state index is 12.2. The Morgan fingerprint density at radius 3 is 2.83 bits per heavy atom. The molecule has 1 fully saturated rings. The third kappa shape index (κ3) is 3.13. The summed E-state index contributed by atoms with van der Waals surface area (Å²) in [5, 5.41) is 6.63. The largest absolute Gasteiger partial charge is 0.630 e. The number of anilines is 1. The zero-order chi connectivity index (χ0) is 18.1. The molecule has 2 heterocycles. The predicted octanol–water partition coefficient (Wildman–Crippen LogP) is 0.0408. The summed E-state index contributed by atoms with van der Waals surface area (Å²) < 4.78 is 7.20. The number of carbonyl (C=O) groups is 2. The molecule has 10 heteroatoms. The van der Waals surface area contributed by atoms with Gasteiger partial charge in [0.25, 0.3) is 5.91 Å². The lowest BCUT2D eigenvalue weighted by atomic mass is 10.1. The molecule has 2 atom stereocenters. The molecular formula is C14H19BrN5O3Si-. The highest BCUT2D eigenvalue weighted by Crippen LogP contribution is 2.36. The standard InChI is InChI=1S/C14H19BrN5O3Si/c1-4-9(21)19-7-14(24,5-8(19)6-23-3)20-13(17-2)10(12(16)22)11(15)18-20/h4,8,17H,1,5-7H2,2-3H3,(H2,16,22)/q-1/t8-,14-/m1/s1. The minimum atomic E-state index is -0.712. The van der Waals surface area contributed by atoms with Gasteiger partial charge in [-0.15, -0.1) is 5.16 Å². The molecule has 1 aliphatic rings. The number of hydrogen-bond donors (Lipinski definition) is 2. The summed E-state index contributed by atoms with van der Waals surface area (Å²) in [6.07, 6.45) is 1.81. The van der Waals surface area contributed by atoms with E-state index in [4.69, 9.17) is 10.5 Å². The van der Waals surface area contributed by atoms with Crippen LogP contribution in [0.25, 0.3) is 0 Å². The number of nitrogens with two attached hydrogens (primary N) is 1. The minimum absolute atomic E-state index is 0.150. The molecule has 8 nitrogen and oxygen atoms in total. The number of aromatic nitrogens is 2. The second-order valence-corrected chi connectivity index (χ2v) is 7.24. The van der Waals surface area contributed by atoms with Crippen molar-refractivity contribution >= 4 is 43.8 Å². The number of ether oxygens (including phenoxy) is 1. The van der Waals surface area contributed by atoms with E-state index in [-0.39, 0.29) is 17.5 Å². The SMILES string of the molecule is C=CC(=O)N1C[C@@]([Si-])(n2nc(Br)c(C(N)=O)c2NC)C[C@@H]1COC. The van der Waals surface area contributed by atoms with E-state index in [0.29, 0.717) is 30.0 Å². The number of nitrogens with one attached hydrogen (secondary N) is 1. The van der Waals surface area contributed by atoms with Crippen LogP contribution in [0.5, 0.6) is 0 Å². The molecule has 1 aromatic rings. The van der Waals surface area contributed by atoms with Crippen molar-refractivity contribution in [1.29, 1.82) is 0 Å². The van der Waals surface area contributed by atoms with Gasteiger partial charge in [-0.3, -0.25) is 14.3 Å². The van der Waals surface area contributed by atoms with Crippen LogP contribution >= 0.6 is 15.9 Å². The summed E-state index contributed by atoms with van der Waals surface area (Å²) in [6.45, 7) is 4.26. The summed E-state index contributed by atoms with van der Waals surface area (Å²) in [5.74, 6) is -0.323. The quantitative estimate of drug-likeness (QED) is 0.507. The molecule has 130 valence electrons. The van der Waals surface area contributed by atoms with E-state index in [0.717, 1.165) is 0 Å². The highest BCUT2D eigenvalue weighted by Gasteiger charge is 2.39. The van der Waals surface area contributed by atoms with Crippen molar-refractivity contribution in [2.24, 2.45) is 5.73 Å². The topological polar surface area (TPSA) is 102 Å². The first-order valence-corrected chi connectivity index (χ1v) is 8.52. The van der Waals surface area contributed by atoms with Gasteiger partial charge in [0.05, 0.1) is 12.6 Å². The summed E-state index contributed by atoms with van der Waals surface area (Å²) >= 11 is 3.27. The van der Waals surface area contributed by atoms with Gasteiger partial charge < -0.3 is 30.9 Å². The Morgan fingerprint density at radius 2 is 2.33 bits per heavy atom. The number of halogens is 1. The Hall–Kier alpha value is -1.65. The van der Waals surface area contributed by atoms with Gasteiger partial charge in [-0.25, -0.2) is 0 Å². The van der Waals surface area contributed by atoms with Gasteiger partial charge in [0, 0.05) is 20.7 Å². The van der Waals surface area contributed by atoms with Crippen LogP contribution in [0.2, 0.25) is 0 Å². The molecule has 1 aliphatic heterocycles. The van der Waals surface area contributed by atoms with Gasteiger partial charge in [0.2, 0.25) is 5.91 Å². The maximum Gasteiger partial charge on any atom is 0.255 e. The van der Waals surface area contributed by atoms with Crippen molar-refractivity contribution in [3.8, 4) is 0 Å². The first kappa shape index (κ1) is 18.7. The Morgan fingerprint density at radius 1 is 1.67 bits per heavy atom. The zero-order valence-electron chi connectivity index (χ0n) is 13.5. The smallest absolute Gasteiger partial charge is 0.255 e. The molecule has 0 spiro atoms. The van der Waals surface area contributed by atoms with E-state index in [1.54, 1.807) is 23.7 Å². The van der Waals surface area contributed by atoms with E-state index in [1.165, 1.54) is 6.08 Å². The highest BCUT2D eigenvalue weighted by molar-refractivity contribution is 9.10. The average molecular weight is 413 g/mol. The molecule has 0 aromatic carbocycles. The van der Waals surface area contributed by atoms with Crippen molar-refractivity contribution < 1.29 is 14.3 Å². The number of nitrogens with zero attached hydrogens (tertiary/aromatic N) is 3. The second kappa shape index (κ2) is 7.07. The molecule has 1 saturated heterocycles. The summed E-state index contributed by atoms with van der Waals surface area (Å²) in [4.78, 5) is 25.5. The summed E-state index contributed by atoms with van der Waals surface area (Å²) in [5.41, 5.74) is 5.70. The number of primary amides is 1. The molecule has 0 unspecified atom stereocenters.